The highest BCUT2D eigenvalue weighted by molar-refractivity contribution is 6.32. The maximum Gasteiger partial charge on any atom is 0.103 e. The van der Waals surface area contributed by atoms with Gasteiger partial charge in [0.05, 0.1) is 22.9 Å². The van der Waals surface area contributed by atoms with Gasteiger partial charge in [-0.2, -0.15) is 5.26 Å². The number of halogens is 1. The van der Waals surface area contributed by atoms with E-state index in [9.17, 15) is 0 Å². The van der Waals surface area contributed by atoms with Crippen molar-refractivity contribution in [3.8, 4) is 6.07 Å². The molecule has 1 fully saturated rings. The first-order valence-electron chi connectivity index (χ1n) is 5.68. The van der Waals surface area contributed by atoms with Crippen LogP contribution in [0.25, 0.3) is 0 Å². The van der Waals surface area contributed by atoms with Crippen molar-refractivity contribution in [3.05, 3.63) is 28.8 Å². The summed E-state index contributed by atoms with van der Waals surface area (Å²) in [6.07, 6.45) is 1.10. The number of ether oxygens (including phenoxy) is 1. The molecule has 0 bridgehead atoms. The van der Waals surface area contributed by atoms with Gasteiger partial charge < -0.3 is 9.64 Å². The fourth-order valence-corrected chi connectivity index (χ4v) is 2.52. The quantitative estimate of drug-likeness (QED) is 0.828. The molecule has 2 rings (SSSR count). The molecule has 1 atom stereocenters. The van der Waals surface area contributed by atoms with E-state index in [-0.39, 0.29) is 0 Å². The molecule has 0 spiro atoms. The smallest absolute Gasteiger partial charge is 0.103 e. The first kappa shape index (κ1) is 12.2. The molecule has 0 saturated carbocycles. The monoisotopic (exact) mass is 250 g/mol. The number of hydrogen-bond donors (Lipinski definition) is 0. The molecule has 90 valence electrons. The molecule has 1 unspecified atom stereocenters. The third kappa shape index (κ3) is 2.54. The Labute approximate surface area is 107 Å². The van der Waals surface area contributed by atoms with Crippen LogP contribution in [0.15, 0.2) is 18.2 Å². The van der Waals surface area contributed by atoms with Crippen molar-refractivity contribution in [1.29, 1.82) is 5.26 Å². The van der Waals surface area contributed by atoms with Crippen LogP contribution < -0.4 is 4.90 Å². The largest absolute Gasteiger partial charge is 0.384 e. The van der Waals surface area contributed by atoms with E-state index in [1.807, 2.05) is 12.1 Å². The van der Waals surface area contributed by atoms with Crippen molar-refractivity contribution in [3.63, 3.8) is 0 Å². The van der Waals surface area contributed by atoms with Crippen molar-refractivity contribution in [2.45, 2.75) is 6.42 Å². The molecule has 1 saturated heterocycles. The summed E-state index contributed by atoms with van der Waals surface area (Å²) < 4.78 is 5.17. The van der Waals surface area contributed by atoms with E-state index in [0.29, 0.717) is 16.5 Å². The summed E-state index contributed by atoms with van der Waals surface area (Å²) in [7, 11) is 1.72. The van der Waals surface area contributed by atoms with E-state index in [0.717, 1.165) is 31.8 Å². The maximum absolute atomic E-state index is 9.14. The van der Waals surface area contributed by atoms with Gasteiger partial charge in [-0.1, -0.05) is 17.7 Å². The fraction of sp³-hybridized carbons (Fsp3) is 0.462. The van der Waals surface area contributed by atoms with Crippen LogP contribution in [0.5, 0.6) is 0 Å². The lowest BCUT2D eigenvalue weighted by Gasteiger charge is -2.20. The average molecular weight is 251 g/mol. The average Bonchev–Trinajstić information content (AvgIpc) is 2.78. The number of anilines is 1. The van der Waals surface area contributed by atoms with E-state index in [1.165, 1.54) is 0 Å². The van der Waals surface area contributed by atoms with E-state index >= 15 is 0 Å². The zero-order chi connectivity index (χ0) is 12.3. The topological polar surface area (TPSA) is 36.3 Å². The van der Waals surface area contributed by atoms with Gasteiger partial charge in [0.15, 0.2) is 0 Å². The van der Waals surface area contributed by atoms with Crippen LogP contribution in [-0.4, -0.2) is 26.8 Å². The Kier molecular flexibility index (Phi) is 3.88. The standard InChI is InChI=1S/C13H15ClN2O/c1-17-9-10-5-6-16(8-10)13-4-2-3-12(14)11(13)7-15/h2-4,10H,5-6,8-9H2,1H3. The molecule has 0 radical (unpaired) electrons. The Hall–Kier alpha value is -1.24. The lowest BCUT2D eigenvalue weighted by Crippen LogP contribution is -2.21. The summed E-state index contributed by atoms with van der Waals surface area (Å²) in [4.78, 5) is 2.22. The Morgan fingerprint density at radius 3 is 3.12 bits per heavy atom. The van der Waals surface area contributed by atoms with Gasteiger partial charge in [0, 0.05) is 26.1 Å². The van der Waals surface area contributed by atoms with Gasteiger partial charge >= 0.3 is 0 Å². The van der Waals surface area contributed by atoms with Gasteiger partial charge in [0.2, 0.25) is 0 Å². The molecular weight excluding hydrogens is 236 g/mol. The fourth-order valence-electron chi connectivity index (χ4n) is 2.31. The van der Waals surface area contributed by atoms with Crippen molar-refractivity contribution in [2.75, 3.05) is 31.7 Å². The summed E-state index contributed by atoms with van der Waals surface area (Å²) in [6, 6.07) is 7.79. The predicted molar refractivity (Wildman–Crippen MR) is 68.4 cm³/mol. The highest BCUT2D eigenvalue weighted by atomic mass is 35.5. The van der Waals surface area contributed by atoms with Crippen LogP contribution >= 0.6 is 11.6 Å². The molecule has 3 nitrogen and oxygen atoms in total. The van der Waals surface area contributed by atoms with Crippen LogP contribution in [0.2, 0.25) is 5.02 Å². The summed E-state index contributed by atoms with van der Waals surface area (Å²) in [5.41, 5.74) is 1.52. The minimum absolute atomic E-state index is 0.528. The van der Waals surface area contributed by atoms with Crippen molar-refractivity contribution in [1.82, 2.24) is 0 Å². The van der Waals surface area contributed by atoms with E-state index < -0.39 is 0 Å². The number of benzene rings is 1. The molecule has 17 heavy (non-hydrogen) atoms. The molecule has 4 heteroatoms. The van der Waals surface area contributed by atoms with Gasteiger partial charge in [-0.15, -0.1) is 0 Å². The van der Waals surface area contributed by atoms with Gasteiger partial charge in [-0.3, -0.25) is 0 Å². The second kappa shape index (κ2) is 5.39. The highest BCUT2D eigenvalue weighted by Gasteiger charge is 2.24. The third-order valence-corrected chi connectivity index (χ3v) is 3.45. The van der Waals surface area contributed by atoms with Gasteiger partial charge in [-0.25, -0.2) is 0 Å². The minimum Gasteiger partial charge on any atom is -0.384 e. The van der Waals surface area contributed by atoms with Crippen LogP contribution in [0, 0.1) is 17.2 Å². The molecule has 1 aromatic carbocycles. The van der Waals surface area contributed by atoms with E-state index in [4.69, 9.17) is 21.6 Å². The molecule has 1 aliphatic rings. The van der Waals surface area contributed by atoms with Crippen LogP contribution in [0.3, 0.4) is 0 Å². The number of methoxy groups -OCH3 is 1. The van der Waals surface area contributed by atoms with Crippen molar-refractivity contribution in [2.24, 2.45) is 5.92 Å². The molecule has 1 heterocycles. The van der Waals surface area contributed by atoms with Gasteiger partial charge in [0.25, 0.3) is 0 Å². The first-order valence-corrected chi connectivity index (χ1v) is 6.06. The second-order valence-electron chi connectivity index (χ2n) is 4.30. The summed E-state index contributed by atoms with van der Waals surface area (Å²) in [6.45, 7) is 2.67. The molecule has 0 aliphatic carbocycles. The lowest BCUT2D eigenvalue weighted by molar-refractivity contribution is 0.161. The normalized spacial score (nSPS) is 19.4. The van der Waals surface area contributed by atoms with E-state index in [1.54, 1.807) is 13.2 Å². The zero-order valence-electron chi connectivity index (χ0n) is 9.82. The Morgan fingerprint density at radius 1 is 1.59 bits per heavy atom. The van der Waals surface area contributed by atoms with Crippen molar-refractivity contribution >= 4 is 17.3 Å². The van der Waals surface area contributed by atoms with Crippen LogP contribution in [0.1, 0.15) is 12.0 Å². The molecule has 0 amide bonds. The maximum atomic E-state index is 9.14. The number of hydrogen-bond acceptors (Lipinski definition) is 3. The molecule has 0 aromatic heterocycles. The molecule has 0 N–H and O–H groups in total. The van der Waals surface area contributed by atoms with Gasteiger partial charge in [0.1, 0.15) is 6.07 Å². The SMILES string of the molecule is COCC1CCN(c2cccc(Cl)c2C#N)C1. The predicted octanol–water partition coefficient (Wildman–Crippen LogP) is 2.68. The van der Waals surface area contributed by atoms with E-state index in [2.05, 4.69) is 11.0 Å². The Bertz CT molecular complexity index is 442. The first-order chi connectivity index (χ1) is 8.26. The van der Waals surface area contributed by atoms with Crippen molar-refractivity contribution < 1.29 is 4.74 Å². The third-order valence-electron chi connectivity index (χ3n) is 3.13. The minimum atomic E-state index is 0.528. The molecule has 1 aromatic rings. The highest BCUT2D eigenvalue weighted by Crippen LogP contribution is 2.30. The van der Waals surface area contributed by atoms with Crippen LogP contribution in [-0.2, 0) is 4.74 Å². The Balaban J connectivity index is 2.19. The summed E-state index contributed by atoms with van der Waals surface area (Å²) in [5.74, 6) is 0.547. The molecule has 1 aliphatic heterocycles. The number of rotatable bonds is 3. The number of nitrogens with zero attached hydrogens (tertiary/aromatic N) is 2. The van der Waals surface area contributed by atoms with Gasteiger partial charge in [-0.05, 0) is 18.6 Å². The van der Waals surface area contributed by atoms with Crippen LogP contribution in [0.4, 0.5) is 5.69 Å². The lowest BCUT2D eigenvalue weighted by atomic mass is 10.1. The Morgan fingerprint density at radius 2 is 2.41 bits per heavy atom. The second-order valence-corrected chi connectivity index (χ2v) is 4.71. The molecular formula is C13H15ClN2O. The number of nitriles is 1. The zero-order valence-corrected chi connectivity index (χ0v) is 10.6. The summed E-state index contributed by atoms with van der Waals surface area (Å²) in [5, 5.41) is 9.67. The summed E-state index contributed by atoms with van der Waals surface area (Å²) >= 11 is 6.03.